The van der Waals surface area contributed by atoms with Crippen molar-refractivity contribution in [3.05, 3.63) is 46.8 Å². The monoisotopic (exact) mass is 230 g/mol. The van der Waals surface area contributed by atoms with Crippen molar-refractivity contribution < 1.29 is 0 Å². The summed E-state index contributed by atoms with van der Waals surface area (Å²) < 4.78 is 0. The molecule has 2 rings (SSSR count). The average molecular weight is 230 g/mol. The molecule has 2 aromatic rings. The molecule has 0 atom stereocenters. The van der Waals surface area contributed by atoms with Gasteiger partial charge < -0.3 is 0 Å². The number of hydrogen-bond donors (Lipinski definition) is 0. The number of hydrogen-bond acceptors (Lipinski definition) is 1. The highest BCUT2D eigenvalue weighted by Crippen LogP contribution is 2.32. The first-order valence-corrected chi connectivity index (χ1v) is 6.83. The van der Waals surface area contributed by atoms with Gasteiger partial charge in [-0.25, -0.2) is 0 Å². The topological polar surface area (TPSA) is 0 Å². The molecule has 0 aliphatic heterocycles. The number of aryl methyl sites for hydroxylation is 2. The highest BCUT2D eigenvalue weighted by Gasteiger charge is 2.07. The fourth-order valence-corrected chi connectivity index (χ4v) is 3.15. The van der Waals surface area contributed by atoms with Gasteiger partial charge in [0.1, 0.15) is 0 Å². The lowest BCUT2D eigenvalue weighted by Crippen LogP contribution is -1.84. The van der Waals surface area contributed by atoms with Gasteiger partial charge in [-0.05, 0) is 30.0 Å². The Balaban J connectivity index is 2.36. The largest absolute Gasteiger partial charge is 0.140 e. The van der Waals surface area contributed by atoms with E-state index in [1.807, 2.05) is 11.3 Å². The van der Waals surface area contributed by atoms with Crippen LogP contribution in [0.25, 0.3) is 10.4 Å². The summed E-state index contributed by atoms with van der Waals surface area (Å²) in [6.45, 7) is 4.50. The van der Waals surface area contributed by atoms with Crippen LogP contribution in [-0.2, 0) is 12.8 Å². The van der Waals surface area contributed by atoms with Gasteiger partial charge in [0.15, 0.2) is 0 Å². The van der Waals surface area contributed by atoms with Crippen molar-refractivity contribution in [2.24, 2.45) is 0 Å². The molecule has 0 saturated carbocycles. The van der Waals surface area contributed by atoms with Gasteiger partial charge in [0, 0.05) is 9.75 Å². The molecule has 0 unspecified atom stereocenters. The summed E-state index contributed by atoms with van der Waals surface area (Å²) >= 11 is 1.95. The molecule has 0 fully saturated rings. The summed E-state index contributed by atoms with van der Waals surface area (Å²) in [4.78, 5) is 2.97. The van der Waals surface area contributed by atoms with Gasteiger partial charge in [-0.15, -0.1) is 11.3 Å². The molecule has 0 bridgehead atoms. The Bertz CT molecular complexity index is 440. The molecule has 0 aliphatic rings. The van der Waals surface area contributed by atoms with Crippen LogP contribution in [0.4, 0.5) is 0 Å². The standard InChI is InChI=1S/C15H18S/c1-3-8-13-11-15(16-14(13)4-2)12-9-6-5-7-10-12/h5-7,9-11H,3-4,8H2,1-2H3. The van der Waals surface area contributed by atoms with Crippen LogP contribution >= 0.6 is 11.3 Å². The molecular formula is C15H18S. The molecule has 1 heteroatoms. The molecule has 0 nitrogen and oxygen atoms in total. The number of thiophene rings is 1. The molecule has 1 aromatic carbocycles. The third-order valence-corrected chi connectivity index (χ3v) is 4.17. The Labute approximate surface area is 102 Å². The van der Waals surface area contributed by atoms with Crippen LogP contribution in [0, 0.1) is 0 Å². The maximum atomic E-state index is 2.38. The molecule has 84 valence electrons. The van der Waals surface area contributed by atoms with E-state index >= 15 is 0 Å². The number of benzene rings is 1. The zero-order chi connectivity index (χ0) is 11.4. The molecule has 16 heavy (non-hydrogen) atoms. The third kappa shape index (κ3) is 2.35. The quantitative estimate of drug-likeness (QED) is 0.698. The molecule has 0 amide bonds. The van der Waals surface area contributed by atoms with Gasteiger partial charge in [0.2, 0.25) is 0 Å². The van der Waals surface area contributed by atoms with Gasteiger partial charge in [-0.1, -0.05) is 50.6 Å². The highest BCUT2D eigenvalue weighted by atomic mass is 32.1. The fraction of sp³-hybridized carbons (Fsp3) is 0.333. The second-order valence-corrected chi connectivity index (χ2v) is 5.17. The van der Waals surface area contributed by atoms with Crippen molar-refractivity contribution in [1.29, 1.82) is 0 Å². The molecule has 1 heterocycles. The summed E-state index contributed by atoms with van der Waals surface area (Å²) in [5.74, 6) is 0. The maximum Gasteiger partial charge on any atom is 0.0348 e. The van der Waals surface area contributed by atoms with Crippen molar-refractivity contribution in [3.8, 4) is 10.4 Å². The van der Waals surface area contributed by atoms with Crippen LogP contribution < -0.4 is 0 Å². The first kappa shape index (κ1) is 11.4. The highest BCUT2D eigenvalue weighted by molar-refractivity contribution is 7.15. The predicted octanol–water partition coefficient (Wildman–Crippen LogP) is 4.93. The average Bonchev–Trinajstić information content (AvgIpc) is 2.74. The molecule has 0 radical (unpaired) electrons. The van der Waals surface area contributed by atoms with Gasteiger partial charge >= 0.3 is 0 Å². The van der Waals surface area contributed by atoms with Crippen molar-refractivity contribution in [2.45, 2.75) is 33.1 Å². The van der Waals surface area contributed by atoms with E-state index in [9.17, 15) is 0 Å². The minimum atomic E-state index is 1.16. The summed E-state index contributed by atoms with van der Waals surface area (Å²) in [7, 11) is 0. The SMILES string of the molecule is CCCc1cc(-c2ccccc2)sc1CC. The van der Waals surface area contributed by atoms with Crippen LogP contribution in [0.2, 0.25) is 0 Å². The van der Waals surface area contributed by atoms with Crippen LogP contribution in [0.3, 0.4) is 0 Å². The molecule has 0 saturated heterocycles. The van der Waals surface area contributed by atoms with E-state index in [-0.39, 0.29) is 0 Å². The van der Waals surface area contributed by atoms with Crippen molar-refractivity contribution in [2.75, 3.05) is 0 Å². The predicted molar refractivity (Wildman–Crippen MR) is 73.1 cm³/mol. The summed E-state index contributed by atoms with van der Waals surface area (Å²) in [6.07, 6.45) is 3.61. The van der Waals surface area contributed by atoms with Crippen LogP contribution in [0.1, 0.15) is 30.7 Å². The van der Waals surface area contributed by atoms with Crippen LogP contribution in [-0.4, -0.2) is 0 Å². The number of rotatable bonds is 4. The fourth-order valence-electron chi connectivity index (χ4n) is 1.99. The van der Waals surface area contributed by atoms with Crippen LogP contribution in [0.15, 0.2) is 36.4 Å². The van der Waals surface area contributed by atoms with Gasteiger partial charge in [-0.2, -0.15) is 0 Å². The smallest absolute Gasteiger partial charge is 0.0348 e. The Kier molecular flexibility index (Phi) is 3.79. The van der Waals surface area contributed by atoms with E-state index in [0.717, 1.165) is 6.42 Å². The first-order valence-electron chi connectivity index (χ1n) is 6.02. The lowest BCUT2D eigenvalue weighted by atomic mass is 10.1. The summed E-state index contributed by atoms with van der Waals surface area (Å²) in [6, 6.07) is 13.1. The third-order valence-electron chi connectivity index (χ3n) is 2.80. The molecule has 0 aliphatic carbocycles. The van der Waals surface area contributed by atoms with E-state index in [1.165, 1.54) is 23.3 Å². The van der Waals surface area contributed by atoms with Gasteiger partial charge in [0.25, 0.3) is 0 Å². The summed E-state index contributed by atoms with van der Waals surface area (Å²) in [5.41, 5.74) is 2.90. The Hall–Kier alpha value is -1.08. The molecule has 0 spiro atoms. The van der Waals surface area contributed by atoms with Crippen molar-refractivity contribution >= 4 is 11.3 Å². The van der Waals surface area contributed by atoms with Crippen molar-refractivity contribution in [1.82, 2.24) is 0 Å². The van der Waals surface area contributed by atoms with E-state index in [1.54, 1.807) is 10.4 Å². The zero-order valence-electron chi connectivity index (χ0n) is 9.99. The normalized spacial score (nSPS) is 10.6. The van der Waals surface area contributed by atoms with E-state index in [4.69, 9.17) is 0 Å². The van der Waals surface area contributed by atoms with Gasteiger partial charge in [-0.3, -0.25) is 0 Å². The minimum absolute atomic E-state index is 1.16. The second-order valence-electron chi connectivity index (χ2n) is 4.03. The zero-order valence-corrected chi connectivity index (χ0v) is 10.8. The lowest BCUT2D eigenvalue weighted by Gasteiger charge is -1.96. The Morgan fingerprint density at radius 3 is 2.44 bits per heavy atom. The minimum Gasteiger partial charge on any atom is -0.140 e. The van der Waals surface area contributed by atoms with Gasteiger partial charge in [0.05, 0.1) is 0 Å². The van der Waals surface area contributed by atoms with E-state index in [2.05, 4.69) is 50.2 Å². The van der Waals surface area contributed by atoms with Crippen LogP contribution in [0.5, 0.6) is 0 Å². The Morgan fingerprint density at radius 2 is 1.81 bits per heavy atom. The Morgan fingerprint density at radius 1 is 1.06 bits per heavy atom. The van der Waals surface area contributed by atoms with E-state index in [0.29, 0.717) is 0 Å². The molecular weight excluding hydrogens is 212 g/mol. The van der Waals surface area contributed by atoms with E-state index < -0.39 is 0 Å². The lowest BCUT2D eigenvalue weighted by molar-refractivity contribution is 0.910. The molecule has 0 N–H and O–H groups in total. The molecule has 1 aromatic heterocycles. The summed E-state index contributed by atoms with van der Waals surface area (Å²) in [5, 5.41) is 0. The first-order chi connectivity index (χ1) is 7.85. The second kappa shape index (κ2) is 5.31. The van der Waals surface area contributed by atoms with Crippen molar-refractivity contribution in [3.63, 3.8) is 0 Å². The maximum absolute atomic E-state index is 2.38.